The molecule has 2 aliphatic rings. The Morgan fingerprint density at radius 1 is 0.971 bits per heavy atom. The van der Waals surface area contributed by atoms with Gasteiger partial charge in [-0.1, -0.05) is 55.9 Å². The molecule has 7 heteroatoms. The van der Waals surface area contributed by atoms with Gasteiger partial charge >= 0.3 is 0 Å². The molecule has 1 saturated heterocycles. The Morgan fingerprint density at radius 3 is 2.47 bits per heavy atom. The van der Waals surface area contributed by atoms with Crippen molar-refractivity contribution < 1.29 is 9.59 Å². The minimum atomic E-state index is 0.0751. The number of fused-ring (bicyclic) bond motifs is 2. The number of hydrogen-bond acceptors (Lipinski definition) is 4. The molecule has 1 fully saturated rings. The van der Waals surface area contributed by atoms with E-state index in [2.05, 4.69) is 26.8 Å². The van der Waals surface area contributed by atoms with Crippen molar-refractivity contribution in [2.24, 2.45) is 11.8 Å². The number of nitrogens with zero attached hydrogens (tertiary/aromatic N) is 4. The summed E-state index contributed by atoms with van der Waals surface area (Å²) >= 11 is 1.42. The first-order valence-corrected chi connectivity index (χ1v) is 13.1. The fourth-order valence-corrected chi connectivity index (χ4v) is 6.43. The maximum absolute atomic E-state index is 13.3. The molecule has 5 rings (SSSR count). The Labute approximate surface area is 205 Å². The minimum Gasteiger partial charge on any atom is -0.341 e. The molecule has 0 aliphatic carbocycles. The Morgan fingerprint density at radius 2 is 1.68 bits per heavy atom. The zero-order valence-electron chi connectivity index (χ0n) is 20.1. The third-order valence-corrected chi connectivity index (χ3v) is 7.90. The molecule has 0 spiro atoms. The van der Waals surface area contributed by atoms with Crippen LogP contribution in [0.4, 0.5) is 5.69 Å². The van der Waals surface area contributed by atoms with E-state index < -0.39 is 0 Å². The Bertz CT molecular complexity index is 1210. The summed E-state index contributed by atoms with van der Waals surface area (Å²) in [4.78, 5) is 35.2. The molecule has 2 aromatic carbocycles. The van der Waals surface area contributed by atoms with E-state index in [1.165, 1.54) is 23.7 Å². The normalized spacial score (nSPS) is 22.3. The van der Waals surface area contributed by atoms with Crippen molar-refractivity contribution in [3.8, 4) is 0 Å². The maximum Gasteiger partial charge on any atom is 0.242 e. The number of piperidine rings is 1. The SMILES string of the molecule is C[C@@H]1C[C@@H](C)CN(C(=O)Cn2c(SCC(=O)N3c4ccccc4C[C@H]3C)nc3ccccc32)C1. The number of benzene rings is 2. The molecule has 0 radical (unpaired) electrons. The number of thioether (sulfide) groups is 1. The number of likely N-dealkylation sites (tertiary alicyclic amines) is 1. The zero-order valence-corrected chi connectivity index (χ0v) is 20.9. The Hall–Kier alpha value is -2.80. The largest absolute Gasteiger partial charge is 0.341 e. The highest BCUT2D eigenvalue weighted by Crippen LogP contribution is 2.33. The molecular formula is C27H32N4O2S. The van der Waals surface area contributed by atoms with Crippen molar-refractivity contribution in [3.63, 3.8) is 0 Å². The van der Waals surface area contributed by atoms with Crippen LogP contribution in [0.15, 0.2) is 53.7 Å². The van der Waals surface area contributed by atoms with Crippen LogP contribution in [0.3, 0.4) is 0 Å². The van der Waals surface area contributed by atoms with Gasteiger partial charge in [-0.05, 0) is 55.4 Å². The molecule has 3 aromatic rings. The van der Waals surface area contributed by atoms with Crippen molar-refractivity contribution in [2.45, 2.75) is 51.4 Å². The molecular weight excluding hydrogens is 444 g/mol. The second kappa shape index (κ2) is 9.45. The van der Waals surface area contributed by atoms with Crippen molar-refractivity contribution in [2.75, 3.05) is 23.7 Å². The van der Waals surface area contributed by atoms with Crippen LogP contribution in [0.25, 0.3) is 11.0 Å². The second-order valence-electron chi connectivity index (χ2n) is 9.95. The van der Waals surface area contributed by atoms with Crippen LogP contribution in [0, 0.1) is 11.8 Å². The van der Waals surface area contributed by atoms with Crippen molar-refractivity contribution in [3.05, 3.63) is 54.1 Å². The molecule has 1 aromatic heterocycles. The maximum atomic E-state index is 13.3. The predicted molar refractivity (Wildman–Crippen MR) is 137 cm³/mol. The van der Waals surface area contributed by atoms with Gasteiger partial charge in [-0.2, -0.15) is 0 Å². The zero-order chi connectivity index (χ0) is 23.8. The Kier molecular flexibility index (Phi) is 6.38. The first kappa shape index (κ1) is 23.0. The molecule has 0 unspecified atom stereocenters. The van der Waals surface area contributed by atoms with E-state index in [9.17, 15) is 9.59 Å². The van der Waals surface area contributed by atoms with E-state index in [0.717, 1.165) is 41.4 Å². The summed E-state index contributed by atoms with van der Waals surface area (Å²) in [6.07, 6.45) is 2.05. The number of rotatable bonds is 5. The van der Waals surface area contributed by atoms with E-state index in [0.29, 0.717) is 11.8 Å². The van der Waals surface area contributed by atoms with Crippen LogP contribution < -0.4 is 4.90 Å². The lowest BCUT2D eigenvalue weighted by atomic mass is 9.92. The van der Waals surface area contributed by atoms with E-state index >= 15 is 0 Å². The van der Waals surface area contributed by atoms with Gasteiger partial charge in [0.1, 0.15) is 6.54 Å². The third kappa shape index (κ3) is 4.45. The van der Waals surface area contributed by atoms with Crippen LogP contribution in [0.1, 0.15) is 32.8 Å². The second-order valence-corrected chi connectivity index (χ2v) is 10.9. The van der Waals surface area contributed by atoms with Crippen molar-refractivity contribution in [1.82, 2.24) is 14.5 Å². The number of imidazole rings is 1. The highest BCUT2D eigenvalue weighted by molar-refractivity contribution is 7.99. The van der Waals surface area contributed by atoms with Crippen LogP contribution in [0.5, 0.6) is 0 Å². The molecule has 2 amide bonds. The summed E-state index contributed by atoms with van der Waals surface area (Å²) < 4.78 is 1.99. The van der Waals surface area contributed by atoms with Crippen molar-refractivity contribution in [1.29, 1.82) is 0 Å². The molecule has 0 bridgehead atoms. The molecule has 2 aliphatic heterocycles. The highest BCUT2D eigenvalue weighted by Gasteiger charge is 2.31. The van der Waals surface area contributed by atoms with Crippen LogP contribution in [0.2, 0.25) is 0 Å². The number of anilines is 1. The standard InChI is InChI=1S/C27H32N4O2S/c1-18-12-19(2)15-29(14-18)25(32)16-30-24-11-7-5-9-22(24)28-27(30)34-17-26(33)31-20(3)13-21-8-4-6-10-23(21)31/h4-11,18-20H,12-17H2,1-3H3/t18-,19-,20-/m1/s1. The van der Waals surface area contributed by atoms with Gasteiger partial charge in [0.15, 0.2) is 5.16 Å². The topological polar surface area (TPSA) is 58.4 Å². The lowest BCUT2D eigenvalue weighted by Gasteiger charge is -2.35. The summed E-state index contributed by atoms with van der Waals surface area (Å²) in [5.41, 5.74) is 4.02. The molecule has 34 heavy (non-hydrogen) atoms. The number of aromatic nitrogens is 2. The molecule has 3 heterocycles. The number of carbonyl (C=O) groups excluding carboxylic acids is 2. The van der Waals surface area contributed by atoms with Gasteiger partial charge < -0.3 is 14.4 Å². The fourth-order valence-electron chi connectivity index (χ4n) is 5.56. The highest BCUT2D eigenvalue weighted by atomic mass is 32.2. The summed E-state index contributed by atoms with van der Waals surface area (Å²) in [6, 6.07) is 16.2. The minimum absolute atomic E-state index is 0.0751. The molecule has 178 valence electrons. The molecule has 0 saturated carbocycles. The summed E-state index contributed by atoms with van der Waals surface area (Å²) in [6.45, 7) is 8.39. The van der Waals surface area contributed by atoms with E-state index in [1.807, 2.05) is 56.8 Å². The van der Waals surface area contributed by atoms with Gasteiger partial charge in [0.05, 0.1) is 16.8 Å². The average Bonchev–Trinajstić information content (AvgIpc) is 3.33. The number of para-hydroxylation sites is 3. The van der Waals surface area contributed by atoms with Crippen molar-refractivity contribution >= 4 is 40.3 Å². The first-order chi connectivity index (χ1) is 16.4. The number of hydrogen-bond donors (Lipinski definition) is 0. The van der Waals surface area contributed by atoms with Gasteiger partial charge in [-0.25, -0.2) is 4.98 Å². The number of amides is 2. The quantitative estimate of drug-likeness (QED) is 0.505. The van der Waals surface area contributed by atoms with Gasteiger partial charge in [0.2, 0.25) is 11.8 Å². The number of carbonyl (C=O) groups is 2. The Balaban J connectivity index is 1.35. The smallest absolute Gasteiger partial charge is 0.242 e. The van der Waals surface area contributed by atoms with Crippen LogP contribution in [-0.2, 0) is 22.6 Å². The van der Waals surface area contributed by atoms with E-state index in [4.69, 9.17) is 4.98 Å². The summed E-state index contributed by atoms with van der Waals surface area (Å²) in [5.74, 6) is 1.52. The van der Waals surface area contributed by atoms with E-state index in [-0.39, 0.29) is 30.2 Å². The third-order valence-electron chi connectivity index (χ3n) is 6.94. The monoisotopic (exact) mass is 476 g/mol. The molecule has 6 nitrogen and oxygen atoms in total. The lowest BCUT2D eigenvalue weighted by Crippen LogP contribution is -2.44. The van der Waals surface area contributed by atoms with Gasteiger partial charge in [-0.15, -0.1) is 0 Å². The molecule has 0 N–H and O–H groups in total. The lowest BCUT2D eigenvalue weighted by molar-refractivity contribution is -0.134. The van der Waals surface area contributed by atoms with Gasteiger partial charge in [-0.3, -0.25) is 9.59 Å². The fraction of sp³-hybridized carbons (Fsp3) is 0.444. The van der Waals surface area contributed by atoms with Crippen LogP contribution >= 0.6 is 11.8 Å². The van der Waals surface area contributed by atoms with Crippen LogP contribution in [-0.4, -0.2) is 51.1 Å². The van der Waals surface area contributed by atoms with Gasteiger partial charge in [0.25, 0.3) is 0 Å². The summed E-state index contributed by atoms with van der Waals surface area (Å²) in [7, 11) is 0. The summed E-state index contributed by atoms with van der Waals surface area (Å²) in [5, 5.41) is 0.723. The van der Waals surface area contributed by atoms with Gasteiger partial charge in [0, 0.05) is 24.8 Å². The predicted octanol–water partition coefficient (Wildman–Crippen LogP) is 4.61. The molecule has 3 atom stereocenters. The van der Waals surface area contributed by atoms with E-state index in [1.54, 1.807) is 0 Å². The average molecular weight is 477 g/mol. The first-order valence-electron chi connectivity index (χ1n) is 12.2.